The van der Waals surface area contributed by atoms with E-state index in [1.54, 1.807) is 6.07 Å². The third kappa shape index (κ3) is 10.5. The Labute approximate surface area is 313 Å². The summed E-state index contributed by atoms with van der Waals surface area (Å²) in [6.07, 6.45) is 3.77. The molecule has 1 aliphatic carbocycles. The maximum absolute atomic E-state index is 13.6. The second-order valence-corrected chi connectivity index (χ2v) is 16.6. The minimum atomic E-state index is -1.04. The smallest absolute Gasteiger partial charge is 0.409 e. The van der Waals surface area contributed by atoms with Crippen LogP contribution in [-0.4, -0.2) is 77.5 Å². The van der Waals surface area contributed by atoms with E-state index < -0.39 is 40.9 Å². The van der Waals surface area contributed by atoms with E-state index in [0.717, 1.165) is 47.9 Å². The van der Waals surface area contributed by atoms with Crippen molar-refractivity contribution < 1.29 is 38.6 Å². The van der Waals surface area contributed by atoms with E-state index in [2.05, 4.69) is 16.0 Å². The quantitative estimate of drug-likeness (QED) is 0.193. The minimum absolute atomic E-state index is 0.178. The molecule has 1 aliphatic heterocycles. The Morgan fingerprint density at radius 3 is 2.17 bits per heavy atom. The summed E-state index contributed by atoms with van der Waals surface area (Å²) in [7, 11) is 1.31. The zero-order valence-corrected chi connectivity index (χ0v) is 32.6. The topological polar surface area (TPSA) is 163 Å². The van der Waals surface area contributed by atoms with E-state index in [9.17, 15) is 29.1 Å². The summed E-state index contributed by atoms with van der Waals surface area (Å²) in [5.41, 5.74) is 1.90. The first-order valence-corrected chi connectivity index (χ1v) is 18.7. The first-order valence-electron chi connectivity index (χ1n) is 18.7. The number of aryl methyl sites for hydroxylation is 1. The second-order valence-electron chi connectivity index (χ2n) is 16.6. The summed E-state index contributed by atoms with van der Waals surface area (Å²) in [6, 6.07) is 12.3. The Kier molecular flexibility index (Phi) is 13.2. The van der Waals surface area contributed by atoms with Crippen LogP contribution in [0.15, 0.2) is 42.5 Å². The SMILES string of the molecule is COC(=O)[C@H](Cc1ccc(-c2ccc(C(=O)NC3(C(C)(C)C)CCCCN3C(=O)O)cc2C)cc1)NC(=O)C1CCC(CNC(=O)OC(C)(C)C)CC1. The molecule has 2 fully saturated rings. The molecule has 53 heavy (non-hydrogen) atoms. The molecule has 0 radical (unpaired) electrons. The van der Waals surface area contributed by atoms with Crippen LogP contribution in [0, 0.1) is 24.2 Å². The second kappa shape index (κ2) is 17.0. The highest BCUT2D eigenvalue weighted by molar-refractivity contribution is 5.96. The Morgan fingerprint density at radius 1 is 0.943 bits per heavy atom. The third-order valence-electron chi connectivity index (χ3n) is 10.6. The molecule has 0 bridgehead atoms. The number of piperidine rings is 1. The van der Waals surface area contributed by atoms with Crippen molar-refractivity contribution in [1.82, 2.24) is 20.9 Å². The molecular weight excluding hydrogens is 676 g/mol. The average molecular weight is 735 g/mol. The molecule has 4 N–H and O–H groups in total. The summed E-state index contributed by atoms with van der Waals surface area (Å²) in [5.74, 6) is -0.992. The Morgan fingerprint density at radius 2 is 1.60 bits per heavy atom. The van der Waals surface area contributed by atoms with Crippen molar-refractivity contribution in [3.63, 3.8) is 0 Å². The van der Waals surface area contributed by atoms with Crippen molar-refractivity contribution >= 4 is 30.0 Å². The number of methoxy groups -OCH3 is 1. The van der Waals surface area contributed by atoms with Crippen molar-refractivity contribution in [1.29, 1.82) is 0 Å². The van der Waals surface area contributed by atoms with Crippen LogP contribution in [0.25, 0.3) is 11.1 Å². The van der Waals surface area contributed by atoms with Crippen molar-refractivity contribution in [2.45, 2.75) is 117 Å². The van der Waals surface area contributed by atoms with Crippen molar-refractivity contribution in [3.05, 3.63) is 59.2 Å². The number of ether oxygens (including phenoxy) is 2. The van der Waals surface area contributed by atoms with Gasteiger partial charge in [0.2, 0.25) is 5.91 Å². The van der Waals surface area contributed by atoms with Crippen LogP contribution in [0.2, 0.25) is 0 Å². The maximum atomic E-state index is 13.6. The molecular formula is C41H58N4O8. The summed E-state index contributed by atoms with van der Waals surface area (Å²) < 4.78 is 10.4. The predicted octanol–water partition coefficient (Wildman–Crippen LogP) is 6.83. The van der Waals surface area contributed by atoms with Crippen molar-refractivity contribution in [2.24, 2.45) is 17.3 Å². The van der Waals surface area contributed by atoms with Gasteiger partial charge in [-0.15, -0.1) is 0 Å². The van der Waals surface area contributed by atoms with Crippen LogP contribution in [0.4, 0.5) is 9.59 Å². The normalized spacial score (nSPS) is 21.2. The standard InChI is InChI=1S/C41H58N4O8/c1-26-23-31(35(47)44-41(39(2,3)4)21-9-10-22-45(41)38(50)51)19-20-32(26)29-15-11-27(12-16-29)24-33(36(48)52-8)43-34(46)30-17-13-28(14-18-30)25-42-37(49)53-40(5,6)7/h11-12,15-16,19-20,23,28,30,33H,9-10,13-14,17-18,21-22,24-25H2,1-8H3,(H,42,49)(H,43,46)(H,44,47)(H,50,51)/t28?,30?,33-,41?/m0/s1. The number of alkyl carbamates (subject to hydrolysis) is 1. The number of hydrogen-bond acceptors (Lipinski definition) is 7. The van der Waals surface area contributed by atoms with E-state index in [4.69, 9.17) is 9.47 Å². The molecule has 12 nitrogen and oxygen atoms in total. The van der Waals surface area contributed by atoms with Gasteiger partial charge >= 0.3 is 18.2 Å². The summed E-state index contributed by atoms with van der Waals surface area (Å²) in [4.78, 5) is 65.3. The average Bonchev–Trinajstić information content (AvgIpc) is 3.09. The van der Waals surface area contributed by atoms with Gasteiger partial charge in [0.05, 0.1) is 7.11 Å². The lowest BCUT2D eigenvalue weighted by Crippen LogP contribution is -2.70. The fraction of sp³-hybridized carbons (Fsp3) is 0.585. The van der Waals surface area contributed by atoms with Gasteiger partial charge in [0.15, 0.2) is 0 Å². The predicted molar refractivity (Wildman–Crippen MR) is 202 cm³/mol. The first kappa shape index (κ1) is 41.2. The van der Waals surface area contributed by atoms with E-state index in [-0.39, 0.29) is 30.1 Å². The van der Waals surface area contributed by atoms with Gasteiger partial charge in [-0.05, 0) is 113 Å². The van der Waals surface area contributed by atoms with Crippen LogP contribution < -0.4 is 16.0 Å². The lowest BCUT2D eigenvalue weighted by atomic mass is 9.74. The Hall–Kier alpha value is -4.61. The largest absolute Gasteiger partial charge is 0.467 e. The number of carbonyl (C=O) groups is 5. The number of nitrogens with zero attached hydrogens (tertiary/aromatic N) is 1. The van der Waals surface area contributed by atoms with Crippen LogP contribution in [0.3, 0.4) is 0 Å². The number of rotatable bonds is 10. The van der Waals surface area contributed by atoms with E-state index in [1.165, 1.54) is 12.0 Å². The molecule has 2 aliphatic rings. The van der Waals surface area contributed by atoms with Gasteiger partial charge in [-0.1, -0.05) is 51.1 Å². The highest BCUT2D eigenvalue weighted by Gasteiger charge is 2.51. The zero-order valence-electron chi connectivity index (χ0n) is 32.6. The molecule has 12 heteroatoms. The van der Waals surface area contributed by atoms with Gasteiger partial charge in [-0.3, -0.25) is 14.5 Å². The lowest BCUT2D eigenvalue weighted by Gasteiger charge is -2.53. The number of esters is 1. The van der Waals surface area contributed by atoms with Crippen LogP contribution in [0.5, 0.6) is 0 Å². The molecule has 0 spiro atoms. The van der Waals surface area contributed by atoms with E-state index in [1.807, 2.05) is 84.9 Å². The molecule has 2 aromatic rings. The fourth-order valence-corrected chi connectivity index (χ4v) is 7.57. The number of amides is 4. The highest BCUT2D eigenvalue weighted by atomic mass is 16.6. The number of likely N-dealkylation sites (tertiary alicyclic amines) is 1. The Balaban J connectivity index is 1.37. The number of hydrogen-bond donors (Lipinski definition) is 4. The molecule has 4 rings (SSSR count). The van der Waals surface area contributed by atoms with Gasteiger partial charge < -0.3 is 30.5 Å². The summed E-state index contributed by atoms with van der Waals surface area (Å²) in [6.45, 7) is 14.1. The van der Waals surface area contributed by atoms with Crippen LogP contribution in [0.1, 0.15) is 108 Å². The summed E-state index contributed by atoms with van der Waals surface area (Å²) >= 11 is 0. The molecule has 2 aromatic carbocycles. The molecule has 1 saturated carbocycles. The van der Waals surface area contributed by atoms with Crippen LogP contribution >= 0.6 is 0 Å². The van der Waals surface area contributed by atoms with Gasteiger partial charge in [0, 0.05) is 36.4 Å². The van der Waals surface area contributed by atoms with Crippen molar-refractivity contribution in [2.75, 3.05) is 20.2 Å². The molecule has 0 aromatic heterocycles. The van der Waals surface area contributed by atoms with Gasteiger partial charge in [-0.25, -0.2) is 14.4 Å². The molecule has 1 unspecified atom stereocenters. The lowest BCUT2D eigenvalue weighted by molar-refractivity contribution is -0.145. The molecule has 1 saturated heterocycles. The highest BCUT2D eigenvalue weighted by Crippen LogP contribution is 2.41. The molecule has 1 heterocycles. The van der Waals surface area contributed by atoms with Gasteiger partial charge in [0.25, 0.3) is 5.91 Å². The number of nitrogens with one attached hydrogen (secondary N) is 3. The third-order valence-corrected chi connectivity index (χ3v) is 10.6. The van der Waals surface area contributed by atoms with E-state index in [0.29, 0.717) is 37.9 Å². The zero-order chi connectivity index (χ0) is 39.1. The number of benzene rings is 2. The molecule has 290 valence electrons. The Bertz CT molecular complexity index is 1640. The summed E-state index contributed by atoms with van der Waals surface area (Å²) in [5, 5.41) is 18.9. The number of carboxylic acid groups (broad SMARTS) is 1. The monoisotopic (exact) mass is 734 g/mol. The van der Waals surface area contributed by atoms with Gasteiger partial charge in [0.1, 0.15) is 17.3 Å². The van der Waals surface area contributed by atoms with Crippen LogP contribution in [-0.2, 0) is 25.5 Å². The van der Waals surface area contributed by atoms with Crippen molar-refractivity contribution in [3.8, 4) is 11.1 Å². The maximum Gasteiger partial charge on any atom is 0.409 e. The minimum Gasteiger partial charge on any atom is -0.467 e. The number of carbonyl (C=O) groups excluding carboxylic acids is 4. The molecule has 4 amide bonds. The fourth-order valence-electron chi connectivity index (χ4n) is 7.57. The van der Waals surface area contributed by atoms with E-state index >= 15 is 0 Å². The molecule has 2 atom stereocenters. The van der Waals surface area contributed by atoms with Gasteiger partial charge in [-0.2, -0.15) is 0 Å². The first-order chi connectivity index (χ1) is 24.8.